The third-order valence-electron chi connectivity index (χ3n) is 5.96. The van der Waals surface area contributed by atoms with Crippen LogP contribution >= 0.6 is 0 Å². The summed E-state index contributed by atoms with van der Waals surface area (Å²) in [6.07, 6.45) is -2.71. The number of phenolic OH excluding ortho intramolecular Hbond substituents is 1. The van der Waals surface area contributed by atoms with Crippen LogP contribution in [-0.4, -0.2) is 17.3 Å². The minimum Gasteiger partial charge on any atom is -0.503 e. The van der Waals surface area contributed by atoms with Crippen molar-refractivity contribution in [2.75, 3.05) is 5.32 Å². The molecule has 0 spiro atoms. The van der Waals surface area contributed by atoms with Gasteiger partial charge in [0.25, 0.3) is 0 Å². The van der Waals surface area contributed by atoms with Gasteiger partial charge in [0.1, 0.15) is 0 Å². The van der Waals surface area contributed by atoms with Gasteiger partial charge in [0.2, 0.25) is 5.91 Å². The summed E-state index contributed by atoms with van der Waals surface area (Å²) in [5.41, 5.74) is 1.39. The number of hydrogen-bond acceptors (Lipinski definition) is 4. The lowest BCUT2D eigenvalue weighted by Gasteiger charge is -2.17. The number of rotatable bonds is 4. The van der Waals surface area contributed by atoms with E-state index in [2.05, 4.69) is 14.8 Å². The second-order valence-electron chi connectivity index (χ2n) is 8.18. The van der Waals surface area contributed by atoms with E-state index in [1.54, 1.807) is 31.2 Å². The van der Waals surface area contributed by atoms with Crippen LogP contribution in [0.25, 0.3) is 11.1 Å². The highest BCUT2D eigenvalue weighted by Gasteiger charge is 2.52. The summed E-state index contributed by atoms with van der Waals surface area (Å²) in [6, 6.07) is 11.2. The molecule has 2 N–H and O–H groups in total. The van der Waals surface area contributed by atoms with Gasteiger partial charge in [0.15, 0.2) is 28.9 Å². The van der Waals surface area contributed by atoms with E-state index in [4.69, 9.17) is 0 Å². The first kappa shape index (κ1) is 21.1. The molecule has 1 amide bonds. The number of carbonyl (C=O) groups excluding carboxylic acids is 1. The number of phenols is 1. The molecular formula is C24H21F4NO4. The molecule has 1 fully saturated rings. The van der Waals surface area contributed by atoms with Crippen molar-refractivity contribution in [1.29, 1.82) is 0 Å². The summed E-state index contributed by atoms with van der Waals surface area (Å²) in [5.74, 6) is -3.82. The lowest BCUT2D eigenvalue weighted by Crippen LogP contribution is -2.28. The fourth-order valence-corrected chi connectivity index (χ4v) is 4.00. The van der Waals surface area contributed by atoms with Crippen LogP contribution in [0.3, 0.4) is 0 Å². The van der Waals surface area contributed by atoms with Crippen molar-refractivity contribution in [2.24, 2.45) is 0 Å². The number of carbonyl (C=O) groups is 1. The summed E-state index contributed by atoms with van der Waals surface area (Å²) in [7, 11) is 0. The number of benzene rings is 3. The van der Waals surface area contributed by atoms with Crippen LogP contribution in [0.1, 0.15) is 26.8 Å². The molecule has 3 aromatic carbocycles. The Labute approximate surface area is 188 Å². The van der Waals surface area contributed by atoms with E-state index in [1.807, 2.05) is 0 Å². The van der Waals surface area contributed by atoms with Crippen molar-refractivity contribution in [2.45, 2.75) is 31.5 Å². The summed E-state index contributed by atoms with van der Waals surface area (Å²) >= 11 is 0. The van der Waals surface area contributed by atoms with Gasteiger partial charge in [-0.05, 0) is 78.4 Å². The maximum Gasteiger partial charge on any atom is 0.586 e. The predicted molar refractivity (Wildman–Crippen MR) is 115 cm³/mol. The first-order chi connectivity index (χ1) is 15.6. The van der Waals surface area contributed by atoms with Crippen LogP contribution in [0, 0.1) is 18.6 Å². The Balaban J connectivity index is 0.00000171. The highest BCUT2D eigenvalue weighted by molar-refractivity contribution is 6.02. The average Bonchev–Trinajstić information content (AvgIpc) is 3.50. The van der Waals surface area contributed by atoms with Crippen molar-refractivity contribution in [3.8, 4) is 28.4 Å². The van der Waals surface area contributed by atoms with Crippen LogP contribution in [0.2, 0.25) is 0 Å². The van der Waals surface area contributed by atoms with Crippen LogP contribution in [-0.2, 0) is 10.2 Å². The zero-order valence-electron chi connectivity index (χ0n) is 17.2. The molecule has 1 aliphatic carbocycles. The van der Waals surface area contributed by atoms with Gasteiger partial charge in [-0.3, -0.25) is 4.79 Å². The minimum atomic E-state index is -3.74. The van der Waals surface area contributed by atoms with Crippen molar-refractivity contribution in [3.05, 3.63) is 71.3 Å². The predicted octanol–water partition coefficient (Wildman–Crippen LogP) is 6.13. The average molecular weight is 463 g/mol. The Morgan fingerprint density at radius 1 is 1.00 bits per heavy atom. The zero-order valence-corrected chi connectivity index (χ0v) is 17.2. The van der Waals surface area contributed by atoms with Crippen LogP contribution in [0.5, 0.6) is 17.2 Å². The number of aromatic hydroxyl groups is 1. The highest BCUT2D eigenvalue weighted by Crippen LogP contribution is 2.52. The summed E-state index contributed by atoms with van der Waals surface area (Å²) in [4.78, 5) is 13.1. The Morgan fingerprint density at radius 2 is 1.67 bits per heavy atom. The normalized spacial score (nSPS) is 17.0. The molecule has 3 aromatic rings. The van der Waals surface area contributed by atoms with Crippen molar-refractivity contribution in [1.82, 2.24) is 0 Å². The molecule has 0 aromatic heterocycles. The number of hydrogen-bond donors (Lipinski definition) is 2. The van der Waals surface area contributed by atoms with E-state index in [-0.39, 0.29) is 25.8 Å². The van der Waals surface area contributed by atoms with Crippen LogP contribution < -0.4 is 14.8 Å². The molecule has 2 aliphatic rings. The zero-order chi connectivity index (χ0) is 23.5. The van der Waals surface area contributed by atoms with Gasteiger partial charge in [0.05, 0.1) is 5.41 Å². The molecule has 1 aliphatic heterocycles. The fraction of sp³-hybridized carbons (Fsp3) is 0.208. The largest absolute Gasteiger partial charge is 0.586 e. The number of aryl methyl sites for hydroxylation is 1. The summed E-state index contributed by atoms with van der Waals surface area (Å²) < 4.78 is 63.2. The first-order valence-electron chi connectivity index (χ1n) is 10.1. The number of anilines is 1. The summed E-state index contributed by atoms with van der Waals surface area (Å²) in [5, 5.41) is 12.2. The molecule has 174 valence electrons. The van der Waals surface area contributed by atoms with Gasteiger partial charge in [-0.2, -0.15) is 0 Å². The molecule has 0 atom stereocenters. The van der Waals surface area contributed by atoms with Crippen molar-refractivity contribution in [3.63, 3.8) is 0 Å². The number of amides is 1. The molecule has 5 nitrogen and oxygen atoms in total. The monoisotopic (exact) mass is 463 g/mol. The number of ether oxygens (including phenoxy) is 2. The third-order valence-corrected chi connectivity index (χ3v) is 5.96. The smallest absolute Gasteiger partial charge is 0.503 e. The lowest BCUT2D eigenvalue weighted by molar-refractivity contribution is -0.286. The van der Waals surface area contributed by atoms with Gasteiger partial charge in [-0.15, -0.1) is 8.78 Å². The summed E-state index contributed by atoms with van der Waals surface area (Å²) in [6.45, 7) is 1.74. The Kier molecular flexibility index (Phi) is 4.56. The molecular weight excluding hydrogens is 442 g/mol. The molecule has 0 saturated heterocycles. The van der Waals surface area contributed by atoms with Crippen molar-refractivity contribution >= 4 is 11.6 Å². The second kappa shape index (κ2) is 7.13. The Hall–Kier alpha value is -3.75. The van der Waals surface area contributed by atoms with E-state index in [9.17, 15) is 27.5 Å². The standard InChI is InChI=1S/C24H17F4NO4.2H2/c1-12-2-4-15(11-16(12)13-8-17(25)21(30)18(26)9-13)29-22(31)23(6-7-23)14-3-5-19-20(10-14)33-24(27,28)32-19;;/h2-5,8-11,30H,6-7H2,1H3,(H,29,31);2*1H. The van der Waals surface area contributed by atoms with E-state index in [0.29, 0.717) is 35.2 Å². The molecule has 0 radical (unpaired) electrons. The highest BCUT2D eigenvalue weighted by atomic mass is 19.3. The molecule has 0 unspecified atom stereocenters. The van der Waals surface area contributed by atoms with Crippen molar-refractivity contribution < 1.29 is 39.8 Å². The van der Waals surface area contributed by atoms with E-state index >= 15 is 0 Å². The number of fused-ring (bicyclic) bond motifs is 1. The number of halogens is 4. The van der Waals surface area contributed by atoms with E-state index in [1.165, 1.54) is 12.1 Å². The topological polar surface area (TPSA) is 67.8 Å². The van der Waals surface area contributed by atoms with E-state index < -0.39 is 29.1 Å². The van der Waals surface area contributed by atoms with Crippen LogP contribution in [0.4, 0.5) is 23.2 Å². The first-order valence-corrected chi connectivity index (χ1v) is 10.1. The molecule has 1 heterocycles. The fourth-order valence-electron chi connectivity index (χ4n) is 4.00. The second-order valence-corrected chi connectivity index (χ2v) is 8.18. The lowest BCUT2D eigenvalue weighted by atomic mass is 9.94. The third kappa shape index (κ3) is 3.63. The van der Waals surface area contributed by atoms with Crippen LogP contribution in [0.15, 0.2) is 48.5 Å². The molecule has 9 heteroatoms. The maximum atomic E-state index is 13.8. The van der Waals surface area contributed by atoms with Gasteiger partial charge >= 0.3 is 6.29 Å². The molecule has 5 rings (SSSR count). The minimum absolute atomic E-state index is 0. The Morgan fingerprint density at radius 3 is 2.33 bits per heavy atom. The Bertz CT molecular complexity index is 1290. The van der Waals surface area contributed by atoms with Gasteiger partial charge in [0, 0.05) is 8.54 Å². The SMILES string of the molecule is Cc1ccc(NC(=O)C2(c3ccc4c(c3)OC(F)(F)O4)CC2)cc1-c1cc(F)c(O)c(F)c1.[HH].[HH]. The molecule has 33 heavy (non-hydrogen) atoms. The quantitative estimate of drug-likeness (QED) is 0.457. The number of nitrogens with one attached hydrogen (secondary N) is 1. The van der Waals surface area contributed by atoms with Gasteiger partial charge in [-0.25, -0.2) is 8.78 Å². The van der Waals surface area contributed by atoms with Gasteiger partial charge < -0.3 is 19.9 Å². The maximum absolute atomic E-state index is 13.8. The van der Waals surface area contributed by atoms with Gasteiger partial charge in [-0.1, -0.05) is 12.1 Å². The molecule has 0 bridgehead atoms. The number of alkyl halides is 2. The molecule has 1 saturated carbocycles. The van der Waals surface area contributed by atoms with E-state index in [0.717, 1.165) is 12.1 Å².